The van der Waals surface area contributed by atoms with E-state index in [9.17, 15) is 18.0 Å². The van der Waals surface area contributed by atoms with E-state index in [0.29, 0.717) is 29.1 Å². The molecule has 1 atom stereocenters. The molecule has 0 spiro atoms. The molecule has 3 rings (SSSR count). The van der Waals surface area contributed by atoms with Crippen LogP contribution >= 0.6 is 11.3 Å². The molecule has 1 saturated heterocycles. The van der Waals surface area contributed by atoms with Crippen LogP contribution in [0.5, 0.6) is 0 Å². The van der Waals surface area contributed by atoms with Gasteiger partial charge < -0.3 is 10.1 Å². The molecule has 0 saturated carbocycles. The van der Waals surface area contributed by atoms with Crippen molar-refractivity contribution >= 4 is 38.1 Å². The molecule has 1 aliphatic rings. The predicted octanol–water partition coefficient (Wildman–Crippen LogP) is 3.43. The van der Waals surface area contributed by atoms with Crippen LogP contribution in [0.1, 0.15) is 37.0 Å². The van der Waals surface area contributed by atoms with E-state index in [-0.39, 0.29) is 36.6 Å². The van der Waals surface area contributed by atoms with E-state index in [1.54, 1.807) is 6.92 Å². The minimum Gasteiger partial charge on any atom is -0.462 e. The van der Waals surface area contributed by atoms with Gasteiger partial charge in [0, 0.05) is 17.0 Å². The van der Waals surface area contributed by atoms with Gasteiger partial charge in [-0.1, -0.05) is 37.3 Å². The lowest BCUT2D eigenvalue weighted by Crippen LogP contribution is -2.42. The highest BCUT2D eigenvalue weighted by Gasteiger charge is 2.33. The van der Waals surface area contributed by atoms with Gasteiger partial charge in [-0.05, 0) is 31.9 Å². The van der Waals surface area contributed by atoms with Gasteiger partial charge in [-0.2, -0.15) is 0 Å². The van der Waals surface area contributed by atoms with Crippen LogP contribution in [-0.2, 0) is 19.4 Å². The molecule has 31 heavy (non-hydrogen) atoms. The van der Waals surface area contributed by atoms with Crippen molar-refractivity contribution in [3.05, 3.63) is 41.3 Å². The Balaban J connectivity index is 1.80. The third-order valence-electron chi connectivity index (χ3n) is 5.19. The van der Waals surface area contributed by atoms with Gasteiger partial charge in [0.15, 0.2) is 9.84 Å². The van der Waals surface area contributed by atoms with E-state index in [1.165, 1.54) is 11.3 Å². The monoisotopic (exact) mass is 464 g/mol. The standard InChI is InChI=1S/C22H28N2O5S2/c1-3-11-24(17-10-12-31(27,28)15-17)13-19(25)23-21-20(22(26)29-4-2)18(14-30-21)16-8-6-5-7-9-16/h5-9,14,17H,3-4,10-13,15H2,1-2H3,(H,23,25). The topological polar surface area (TPSA) is 92.8 Å². The fourth-order valence-corrected chi connectivity index (χ4v) is 6.51. The van der Waals surface area contributed by atoms with Gasteiger partial charge in [0.2, 0.25) is 5.91 Å². The summed E-state index contributed by atoms with van der Waals surface area (Å²) in [4.78, 5) is 27.4. The number of esters is 1. The Labute approximate surface area is 187 Å². The lowest BCUT2D eigenvalue weighted by atomic mass is 10.0. The number of nitrogens with one attached hydrogen (secondary N) is 1. The zero-order valence-corrected chi connectivity index (χ0v) is 19.4. The minimum absolute atomic E-state index is 0.0782. The molecule has 1 aromatic heterocycles. The van der Waals surface area contributed by atoms with Crippen molar-refractivity contribution < 1.29 is 22.7 Å². The summed E-state index contributed by atoms with van der Waals surface area (Å²) < 4.78 is 29.0. The largest absolute Gasteiger partial charge is 0.462 e. The average Bonchev–Trinajstić information content (AvgIpc) is 3.31. The molecule has 2 aromatic rings. The summed E-state index contributed by atoms with van der Waals surface area (Å²) in [6.45, 7) is 4.69. The minimum atomic E-state index is -3.04. The number of amides is 1. The van der Waals surface area contributed by atoms with Crippen molar-refractivity contribution in [2.24, 2.45) is 0 Å². The number of carbonyl (C=O) groups is 2. The van der Waals surface area contributed by atoms with Crippen LogP contribution in [0, 0.1) is 0 Å². The highest BCUT2D eigenvalue weighted by atomic mass is 32.2. The summed E-state index contributed by atoms with van der Waals surface area (Å²) in [5.74, 6) is -0.501. The zero-order chi connectivity index (χ0) is 22.4. The van der Waals surface area contributed by atoms with E-state index in [0.717, 1.165) is 12.0 Å². The lowest BCUT2D eigenvalue weighted by molar-refractivity contribution is -0.117. The molecule has 0 aliphatic carbocycles. The van der Waals surface area contributed by atoms with Gasteiger partial charge in [-0.3, -0.25) is 9.69 Å². The third kappa shape index (κ3) is 5.93. The molecule has 9 heteroatoms. The number of hydrogen-bond acceptors (Lipinski definition) is 7. The quantitative estimate of drug-likeness (QED) is 0.572. The van der Waals surface area contributed by atoms with Gasteiger partial charge in [0.25, 0.3) is 0 Å². The van der Waals surface area contributed by atoms with Crippen LogP contribution in [0.4, 0.5) is 5.00 Å². The van der Waals surface area contributed by atoms with E-state index in [1.807, 2.05) is 47.5 Å². The number of ether oxygens (including phenoxy) is 1. The molecule has 1 amide bonds. The van der Waals surface area contributed by atoms with Gasteiger partial charge in [0.1, 0.15) is 10.6 Å². The number of hydrogen-bond donors (Lipinski definition) is 1. The van der Waals surface area contributed by atoms with Gasteiger partial charge in [-0.25, -0.2) is 13.2 Å². The Morgan fingerprint density at radius 3 is 2.58 bits per heavy atom. The Bertz CT molecular complexity index is 1020. The maximum absolute atomic E-state index is 12.8. The first-order chi connectivity index (χ1) is 14.8. The van der Waals surface area contributed by atoms with Crippen molar-refractivity contribution in [3.63, 3.8) is 0 Å². The molecule has 2 heterocycles. The smallest absolute Gasteiger partial charge is 0.341 e. The number of thiophene rings is 1. The highest BCUT2D eigenvalue weighted by molar-refractivity contribution is 7.91. The second-order valence-corrected chi connectivity index (χ2v) is 10.6. The number of sulfone groups is 1. The maximum atomic E-state index is 12.8. The summed E-state index contributed by atoms with van der Waals surface area (Å²) >= 11 is 1.28. The number of anilines is 1. The first-order valence-corrected chi connectivity index (χ1v) is 13.1. The second-order valence-electron chi connectivity index (χ2n) is 7.52. The fourth-order valence-electron chi connectivity index (χ4n) is 3.78. The van der Waals surface area contributed by atoms with Crippen LogP contribution in [-0.4, -0.2) is 62.4 Å². The first-order valence-electron chi connectivity index (χ1n) is 10.4. The molecule has 1 unspecified atom stereocenters. The number of carbonyl (C=O) groups excluding carboxylic acids is 2. The van der Waals surface area contributed by atoms with Gasteiger partial charge >= 0.3 is 5.97 Å². The van der Waals surface area contributed by atoms with Crippen LogP contribution in [0.25, 0.3) is 11.1 Å². The molecule has 7 nitrogen and oxygen atoms in total. The first kappa shape index (κ1) is 23.4. The van der Waals surface area contributed by atoms with Crippen LogP contribution in [0.3, 0.4) is 0 Å². The predicted molar refractivity (Wildman–Crippen MR) is 123 cm³/mol. The number of rotatable bonds is 9. The van der Waals surface area contributed by atoms with Crippen molar-refractivity contribution in [3.8, 4) is 11.1 Å². The number of benzene rings is 1. The SMILES string of the molecule is CCCN(CC(=O)Nc1scc(-c2ccccc2)c1C(=O)OCC)C1CCS(=O)(=O)C1. The molecule has 168 valence electrons. The summed E-state index contributed by atoms with van der Waals surface area (Å²) in [6, 6.07) is 9.33. The molecular formula is C22H28N2O5S2. The Kier molecular flexibility index (Phi) is 7.85. The molecule has 1 fully saturated rings. The van der Waals surface area contributed by atoms with Crippen LogP contribution in [0.2, 0.25) is 0 Å². The lowest BCUT2D eigenvalue weighted by Gasteiger charge is -2.26. The number of nitrogens with zero attached hydrogens (tertiary/aromatic N) is 1. The van der Waals surface area contributed by atoms with Crippen molar-refractivity contribution in [2.45, 2.75) is 32.7 Å². The fraction of sp³-hybridized carbons (Fsp3) is 0.455. The zero-order valence-electron chi connectivity index (χ0n) is 17.8. The molecule has 1 N–H and O–H groups in total. The van der Waals surface area contributed by atoms with E-state index < -0.39 is 15.8 Å². The normalized spacial score (nSPS) is 17.6. The van der Waals surface area contributed by atoms with Crippen LogP contribution < -0.4 is 5.32 Å². The third-order valence-corrected chi connectivity index (χ3v) is 7.84. The van der Waals surface area contributed by atoms with Crippen molar-refractivity contribution in [2.75, 3.05) is 36.5 Å². The maximum Gasteiger partial charge on any atom is 0.341 e. The molecule has 1 aliphatic heterocycles. The highest BCUT2D eigenvalue weighted by Crippen LogP contribution is 2.36. The summed E-state index contributed by atoms with van der Waals surface area (Å²) in [6.07, 6.45) is 1.36. The van der Waals surface area contributed by atoms with Crippen molar-refractivity contribution in [1.29, 1.82) is 0 Å². The molecule has 1 aromatic carbocycles. The summed E-state index contributed by atoms with van der Waals surface area (Å²) in [5, 5.41) is 5.14. The van der Waals surface area contributed by atoms with E-state index >= 15 is 0 Å². The molecular weight excluding hydrogens is 436 g/mol. The van der Waals surface area contributed by atoms with Crippen molar-refractivity contribution in [1.82, 2.24) is 4.90 Å². The van der Waals surface area contributed by atoms with E-state index in [4.69, 9.17) is 4.74 Å². The van der Waals surface area contributed by atoms with Crippen LogP contribution in [0.15, 0.2) is 35.7 Å². The summed E-state index contributed by atoms with van der Waals surface area (Å²) in [5.41, 5.74) is 1.93. The van der Waals surface area contributed by atoms with Gasteiger partial charge in [-0.15, -0.1) is 11.3 Å². The molecule has 0 radical (unpaired) electrons. The Morgan fingerprint density at radius 2 is 1.97 bits per heavy atom. The Morgan fingerprint density at radius 1 is 1.23 bits per heavy atom. The average molecular weight is 465 g/mol. The van der Waals surface area contributed by atoms with E-state index in [2.05, 4.69) is 5.32 Å². The molecule has 0 bridgehead atoms. The second kappa shape index (κ2) is 10.4. The summed E-state index contributed by atoms with van der Waals surface area (Å²) in [7, 11) is -3.04. The van der Waals surface area contributed by atoms with Gasteiger partial charge in [0.05, 0.1) is 24.7 Å². The Hall–Kier alpha value is -2.23.